The van der Waals surface area contributed by atoms with E-state index < -0.39 is 0 Å². The Balaban J connectivity index is 2.23. The molecule has 0 fully saturated rings. The topological polar surface area (TPSA) is 35.5 Å². The molecule has 0 N–H and O–H groups in total. The second kappa shape index (κ2) is 7.27. The van der Waals surface area contributed by atoms with Gasteiger partial charge in [0.25, 0.3) is 0 Å². The Morgan fingerprint density at radius 3 is 2.48 bits per heavy atom. The molecule has 0 aliphatic heterocycles. The number of ether oxygens (including phenoxy) is 2. The smallest absolute Gasteiger partial charge is 0.196 e. The fourth-order valence-electron chi connectivity index (χ4n) is 1.93. The molecule has 21 heavy (non-hydrogen) atoms. The Kier molecular flexibility index (Phi) is 5.39. The van der Waals surface area contributed by atoms with Crippen LogP contribution in [0.3, 0.4) is 0 Å². The zero-order valence-corrected chi connectivity index (χ0v) is 13.6. The highest BCUT2D eigenvalue weighted by Gasteiger charge is 2.14. The van der Waals surface area contributed by atoms with Crippen LogP contribution in [0.15, 0.2) is 46.9 Å². The minimum atomic E-state index is -0.0682. The van der Waals surface area contributed by atoms with Crippen LogP contribution in [0, 0.1) is 0 Å². The van der Waals surface area contributed by atoms with Crippen LogP contribution in [0.2, 0.25) is 0 Å². The minimum absolute atomic E-state index is 0.0682. The van der Waals surface area contributed by atoms with Crippen LogP contribution in [0.4, 0.5) is 0 Å². The lowest BCUT2D eigenvalue weighted by atomic mass is 10.0. The number of halogens is 1. The fraction of sp³-hybridized carbons (Fsp3) is 0.235. The summed E-state index contributed by atoms with van der Waals surface area (Å²) >= 11 is 3.37. The molecule has 110 valence electrons. The molecule has 0 radical (unpaired) electrons. The highest BCUT2D eigenvalue weighted by molar-refractivity contribution is 9.10. The molecular weight excluding hydrogens is 332 g/mol. The van der Waals surface area contributed by atoms with Gasteiger partial charge >= 0.3 is 0 Å². The molecule has 4 heteroatoms. The van der Waals surface area contributed by atoms with Crippen LogP contribution in [0.25, 0.3) is 0 Å². The standard InChI is InChI=1S/C17H17BrO3/c1-3-10-21-14-7-4-12(5-8-14)17(19)15-9-6-13(18)11-16(15)20-2/h4-9,11H,3,10H2,1-2H3. The summed E-state index contributed by atoms with van der Waals surface area (Å²) in [6.45, 7) is 2.73. The minimum Gasteiger partial charge on any atom is -0.496 e. The largest absolute Gasteiger partial charge is 0.496 e. The van der Waals surface area contributed by atoms with Gasteiger partial charge in [-0.3, -0.25) is 4.79 Å². The van der Waals surface area contributed by atoms with E-state index in [-0.39, 0.29) is 5.78 Å². The van der Waals surface area contributed by atoms with Gasteiger partial charge in [0, 0.05) is 10.0 Å². The highest BCUT2D eigenvalue weighted by Crippen LogP contribution is 2.26. The molecule has 0 atom stereocenters. The van der Waals surface area contributed by atoms with Gasteiger partial charge < -0.3 is 9.47 Å². The molecule has 0 amide bonds. The summed E-state index contributed by atoms with van der Waals surface area (Å²) in [6, 6.07) is 12.5. The molecule has 0 bridgehead atoms. The molecule has 2 aromatic carbocycles. The van der Waals surface area contributed by atoms with E-state index in [2.05, 4.69) is 22.9 Å². The molecule has 0 heterocycles. The maximum Gasteiger partial charge on any atom is 0.196 e. The first-order valence-electron chi connectivity index (χ1n) is 6.76. The van der Waals surface area contributed by atoms with Gasteiger partial charge in [0.1, 0.15) is 11.5 Å². The van der Waals surface area contributed by atoms with E-state index in [1.54, 1.807) is 31.4 Å². The average molecular weight is 349 g/mol. The normalized spacial score (nSPS) is 10.2. The lowest BCUT2D eigenvalue weighted by Crippen LogP contribution is -2.04. The van der Waals surface area contributed by atoms with Crippen molar-refractivity contribution in [2.45, 2.75) is 13.3 Å². The van der Waals surface area contributed by atoms with E-state index in [1.165, 1.54) is 0 Å². The lowest BCUT2D eigenvalue weighted by Gasteiger charge is -2.09. The average Bonchev–Trinajstić information content (AvgIpc) is 2.52. The predicted molar refractivity (Wildman–Crippen MR) is 86.4 cm³/mol. The molecule has 0 unspecified atom stereocenters. The molecule has 0 aliphatic rings. The maximum absolute atomic E-state index is 12.5. The van der Waals surface area contributed by atoms with Crippen LogP contribution in [0.1, 0.15) is 29.3 Å². The Morgan fingerprint density at radius 1 is 1.14 bits per heavy atom. The monoisotopic (exact) mass is 348 g/mol. The van der Waals surface area contributed by atoms with Crippen molar-refractivity contribution in [1.82, 2.24) is 0 Å². The van der Waals surface area contributed by atoms with E-state index >= 15 is 0 Å². The summed E-state index contributed by atoms with van der Waals surface area (Å²) in [6.07, 6.45) is 0.955. The first-order chi connectivity index (χ1) is 10.2. The van der Waals surface area contributed by atoms with Crippen LogP contribution >= 0.6 is 15.9 Å². The van der Waals surface area contributed by atoms with E-state index in [4.69, 9.17) is 9.47 Å². The van der Waals surface area contributed by atoms with E-state index in [0.29, 0.717) is 23.5 Å². The van der Waals surface area contributed by atoms with Gasteiger partial charge in [-0.15, -0.1) is 0 Å². The van der Waals surface area contributed by atoms with Gasteiger partial charge in [-0.1, -0.05) is 22.9 Å². The van der Waals surface area contributed by atoms with Gasteiger partial charge in [0.05, 0.1) is 19.3 Å². The number of rotatable bonds is 6. The van der Waals surface area contributed by atoms with Crippen molar-refractivity contribution in [2.24, 2.45) is 0 Å². The van der Waals surface area contributed by atoms with Gasteiger partial charge in [-0.25, -0.2) is 0 Å². The third kappa shape index (κ3) is 3.85. The first-order valence-corrected chi connectivity index (χ1v) is 7.56. The van der Waals surface area contributed by atoms with Gasteiger partial charge in [0.15, 0.2) is 5.78 Å². The Morgan fingerprint density at radius 2 is 1.86 bits per heavy atom. The molecule has 0 aliphatic carbocycles. The number of ketones is 1. The third-order valence-electron chi connectivity index (χ3n) is 3.00. The van der Waals surface area contributed by atoms with Crippen molar-refractivity contribution < 1.29 is 14.3 Å². The van der Waals surface area contributed by atoms with E-state index in [1.807, 2.05) is 18.2 Å². The lowest BCUT2D eigenvalue weighted by molar-refractivity contribution is 0.103. The molecule has 0 saturated carbocycles. The predicted octanol–water partition coefficient (Wildman–Crippen LogP) is 4.48. The van der Waals surface area contributed by atoms with Crippen LogP contribution < -0.4 is 9.47 Å². The SMILES string of the molecule is CCCOc1ccc(C(=O)c2ccc(Br)cc2OC)cc1. The first kappa shape index (κ1) is 15.6. The zero-order chi connectivity index (χ0) is 15.2. The van der Waals surface area contributed by atoms with E-state index in [0.717, 1.165) is 16.6 Å². The zero-order valence-electron chi connectivity index (χ0n) is 12.1. The molecule has 0 saturated heterocycles. The summed E-state index contributed by atoms with van der Waals surface area (Å²) in [7, 11) is 1.56. The van der Waals surface area contributed by atoms with Crippen LogP contribution in [0.5, 0.6) is 11.5 Å². The van der Waals surface area contributed by atoms with Gasteiger partial charge in [-0.2, -0.15) is 0 Å². The van der Waals surface area contributed by atoms with Crippen molar-refractivity contribution in [3.8, 4) is 11.5 Å². The molecule has 3 nitrogen and oxygen atoms in total. The summed E-state index contributed by atoms with van der Waals surface area (Å²) < 4.78 is 11.7. The van der Waals surface area contributed by atoms with Crippen LogP contribution in [-0.2, 0) is 0 Å². The number of hydrogen-bond donors (Lipinski definition) is 0. The number of carbonyl (C=O) groups excluding carboxylic acids is 1. The van der Waals surface area contributed by atoms with Crippen molar-refractivity contribution in [3.05, 3.63) is 58.1 Å². The van der Waals surface area contributed by atoms with Gasteiger partial charge in [-0.05, 0) is 48.9 Å². The summed E-state index contributed by atoms with van der Waals surface area (Å²) in [5.41, 5.74) is 1.15. The second-order valence-corrected chi connectivity index (χ2v) is 5.46. The molecular formula is C17H17BrO3. The quantitative estimate of drug-likeness (QED) is 0.722. The molecule has 2 aromatic rings. The number of methoxy groups -OCH3 is 1. The van der Waals surface area contributed by atoms with Gasteiger partial charge in [0.2, 0.25) is 0 Å². The third-order valence-corrected chi connectivity index (χ3v) is 3.49. The summed E-state index contributed by atoms with van der Waals surface area (Å²) in [5.74, 6) is 1.26. The van der Waals surface area contributed by atoms with Crippen molar-refractivity contribution in [2.75, 3.05) is 13.7 Å². The summed E-state index contributed by atoms with van der Waals surface area (Å²) in [4.78, 5) is 12.5. The van der Waals surface area contributed by atoms with Crippen molar-refractivity contribution in [3.63, 3.8) is 0 Å². The van der Waals surface area contributed by atoms with E-state index in [9.17, 15) is 4.79 Å². The summed E-state index contributed by atoms with van der Waals surface area (Å²) in [5, 5.41) is 0. The number of hydrogen-bond acceptors (Lipinski definition) is 3. The fourth-order valence-corrected chi connectivity index (χ4v) is 2.27. The highest BCUT2D eigenvalue weighted by atomic mass is 79.9. The maximum atomic E-state index is 12.5. The Hall–Kier alpha value is -1.81. The van der Waals surface area contributed by atoms with Crippen molar-refractivity contribution >= 4 is 21.7 Å². The van der Waals surface area contributed by atoms with Crippen LogP contribution in [-0.4, -0.2) is 19.5 Å². The second-order valence-electron chi connectivity index (χ2n) is 4.55. The van der Waals surface area contributed by atoms with Crippen molar-refractivity contribution in [1.29, 1.82) is 0 Å². The molecule has 2 rings (SSSR count). The molecule has 0 aromatic heterocycles. The molecule has 0 spiro atoms. The number of carbonyl (C=O) groups is 1. The number of benzene rings is 2. The Labute approximate surface area is 133 Å². The Bertz CT molecular complexity index is 620.